The number of unbranched alkanes of at least 4 members (excludes halogenated alkanes) is 4. The van der Waals surface area contributed by atoms with E-state index in [1.165, 1.54) is 48.9 Å². The van der Waals surface area contributed by atoms with Gasteiger partial charge in [0, 0.05) is 6.42 Å². The third kappa shape index (κ3) is 7.12. The van der Waals surface area contributed by atoms with Gasteiger partial charge in [-0.1, -0.05) is 44.7 Å². The Bertz CT molecular complexity index is 841. The monoisotopic (exact) mass is 461 g/mol. The Labute approximate surface area is 190 Å². The number of ether oxygens (including phenoxy) is 1. The van der Waals surface area contributed by atoms with Crippen LogP contribution in [0.4, 0.5) is 0 Å². The number of rotatable bonds is 12. The molecule has 9 nitrogen and oxygen atoms in total. The number of aliphatic hydroxyl groups is 1. The van der Waals surface area contributed by atoms with Gasteiger partial charge in [0.15, 0.2) is 5.94 Å². The second kappa shape index (κ2) is 12.7. The van der Waals surface area contributed by atoms with Crippen molar-refractivity contribution in [2.75, 3.05) is 6.61 Å². The zero-order valence-corrected chi connectivity index (χ0v) is 19.1. The van der Waals surface area contributed by atoms with Gasteiger partial charge in [-0.15, -0.1) is 0 Å². The van der Waals surface area contributed by atoms with Gasteiger partial charge in [-0.2, -0.15) is 4.99 Å². The fourth-order valence-electron chi connectivity index (χ4n) is 3.52. The molecule has 0 aliphatic carbocycles. The van der Waals surface area contributed by atoms with Gasteiger partial charge in [-0.05, 0) is 30.5 Å². The van der Waals surface area contributed by atoms with Gasteiger partial charge in [0.1, 0.15) is 24.4 Å². The minimum atomic E-state index is -0.767. The van der Waals surface area contributed by atoms with Gasteiger partial charge in [0.05, 0.1) is 12.7 Å². The smallest absolute Gasteiger partial charge is 0.330 e. The van der Waals surface area contributed by atoms with E-state index in [1.807, 2.05) is 12.1 Å². The number of nitrogens with two attached hydrogens (primary N) is 1. The van der Waals surface area contributed by atoms with Crippen LogP contribution >= 0.6 is 9.03 Å². The molecule has 3 N–H and O–H groups in total. The highest BCUT2D eigenvalue weighted by Gasteiger charge is 2.39. The quantitative estimate of drug-likeness (QED) is 0.279. The van der Waals surface area contributed by atoms with Crippen LogP contribution in [0, 0.1) is 0 Å². The van der Waals surface area contributed by atoms with E-state index in [-0.39, 0.29) is 24.8 Å². The molecule has 0 spiro atoms. The lowest BCUT2D eigenvalue weighted by Crippen LogP contribution is -2.37. The van der Waals surface area contributed by atoms with Crippen molar-refractivity contribution in [1.82, 2.24) is 4.90 Å². The molecule has 1 fully saturated rings. The average molecular weight is 461 g/mol. The normalized spacial score (nSPS) is 23.1. The molecule has 1 radical (unpaired) electrons. The lowest BCUT2D eigenvalue weighted by atomic mass is 10.1. The summed E-state index contributed by atoms with van der Waals surface area (Å²) in [6.45, 7) is 2.35. The highest BCUT2D eigenvalue weighted by molar-refractivity contribution is 7.26. The number of nitrogens with zero attached hydrogens (tertiary/aromatic N) is 3. The van der Waals surface area contributed by atoms with Crippen LogP contribution in [-0.2, 0) is 20.5 Å². The zero-order valence-electron chi connectivity index (χ0n) is 18.2. The maximum absolute atomic E-state index is 11.1. The van der Waals surface area contributed by atoms with E-state index >= 15 is 0 Å². The van der Waals surface area contributed by atoms with Crippen molar-refractivity contribution in [2.45, 2.75) is 70.3 Å². The number of carbonyl (C=O) groups excluding carboxylic acids is 1. The third-order valence-corrected chi connectivity index (χ3v) is 5.85. The second-order valence-corrected chi connectivity index (χ2v) is 8.34. The van der Waals surface area contributed by atoms with Crippen LogP contribution in [0.15, 0.2) is 40.1 Å². The summed E-state index contributed by atoms with van der Waals surface area (Å²) in [7, 11) is 0.305. The second-order valence-electron chi connectivity index (χ2n) is 7.75. The van der Waals surface area contributed by atoms with Gasteiger partial charge in [-0.3, -0.25) is 4.90 Å². The molecule has 2 aliphatic rings. The topological polar surface area (TPSA) is 119 Å². The molecule has 0 unspecified atom stereocenters. The molecule has 0 saturated carbocycles. The van der Waals surface area contributed by atoms with Crippen molar-refractivity contribution in [3.8, 4) is 5.75 Å². The maximum Gasteiger partial charge on any atom is 0.330 e. The Hall–Kier alpha value is -2.28. The molecular formula is C22H30N4O5P. The van der Waals surface area contributed by atoms with Crippen molar-refractivity contribution in [3.63, 3.8) is 0 Å². The van der Waals surface area contributed by atoms with Crippen LogP contribution in [0.25, 0.3) is 0 Å². The zero-order chi connectivity index (χ0) is 22.8. The average Bonchev–Trinajstić information content (AvgIpc) is 3.17. The fourth-order valence-corrected chi connectivity index (χ4v) is 3.98. The van der Waals surface area contributed by atoms with Crippen LogP contribution in [0.2, 0.25) is 0 Å². The number of aliphatic imine (C=N–C) groups is 2. The molecule has 1 aromatic carbocycles. The first kappa shape index (κ1) is 24.4. The van der Waals surface area contributed by atoms with E-state index in [4.69, 9.17) is 19.5 Å². The Morgan fingerprint density at radius 3 is 2.81 bits per heavy atom. The molecular weight excluding hydrogens is 431 g/mol. The summed E-state index contributed by atoms with van der Waals surface area (Å²) in [4.78, 5) is 20.2. The molecule has 2 heterocycles. The lowest BCUT2D eigenvalue weighted by molar-refractivity contribution is -0.0441. The van der Waals surface area contributed by atoms with Crippen molar-refractivity contribution in [3.05, 3.63) is 35.6 Å². The van der Waals surface area contributed by atoms with Crippen LogP contribution in [0.1, 0.15) is 51.0 Å². The Kier molecular flexibility index (Phi) is 9.65. The van der Waals surface area contributed by atoms with Gasteiger partial charge in [-0.25, -0.2) is 9.79 Å². The summed E-state index contributed by atoms with van der Waals surface area (Å²) >= 11 is 0. The molecule has 32 heavy (non-hydrogen) atoms. The van der Waals surface area contributed by atoms with Crippen LogP contribution in [-0.4, -0.2) is 53.3 Å². The summed E-state index contributed by atoms with van der Waals surface area (Å²) in [5, 5.41) is 10.3. The first-order valence-corrected chi connectivity index (χ1v) is 11.7. The van der Waals surface area contributed by atoms with Crippen LogP contribution in [0.5, 0.6) is 5.75 Å². The standard InChI is InChI=1S/C22H30N4O5P/c1-2-3-4-5-6-7-16-8-10-17(11-9-16)31-32-29-14-19-18(28)12-21(30-19)26-15-24-22(23)25-20(26)13-27/h8-11,15,18-19,21,28H,2-7,12,14H2,1H3,(H2,23,25)/t18-,19+,21+/m0/s1. The maximum atomic E-state index is 11.1. The van der Waals surface area contributed by atoms with Gasteiger partial charge >= 0.3 is 9.03 Å². The van der Waals surface area contributed by atoms with Gasteiger partial charge in [0.2, 0.25) is 11.8 Å². The summed E-state index contributed by atoms with van der Waals surface area (Å²) in [5.74, 6) is 2.35. The van der Waals surface area contributed by atoms with E-state index in [0.717, 1.165) is 6.42 Å². The molecule has 0 bridgehead atoms. The lowest BCUT2D eigenvalue weighted by Gasteiger charge is -2.26. The molecule has 173 valence electrons. The Morgan fingerprint density at radius 1 is 1.28 bits per heavy atom. The van der Waals surface area contributed by atoms with Crippen LogP contribution in [0.3, 0.4) is 0 Å². The summed E-state index contributed by atoms with van der Waals surface area (Å²) in [6, 6.07) is 8.02. The molecule has 10 heteroatoms. The fraction of sp³-hybridized carbons (Fsp3) is 0.545. The highest BCUT2D eigenvalue weighted by Crippen LogP contribution is 2.28. The van der Waals surface area contributed by atoms with Crippen molar-refractivity contribution in [2.24, 2.45) is 15.7 Å². The first-order valence-electron chi connectivity index (χ1n) is 10.9. The number of benzene rings is 1. The first-order chi connectivity index (χ1) is 15.6. The van der Waals surface area contributed by atoms with E-state index in [0.29, 0.717) is 14.8 Å². The summed E-state index contributed by atoms with van der Waals surface area (Å²) in [5.41, 5.74) is 6.79. The van der Waals surface area contributed by atoms with E-state index in [1.54, 1.807) is 5.94 Å². The van der Waals surface area contributed by atoms with Gasteiger partial charge in [0.25, 0.3) is 0 Å². The third-order valence-electron chi connectivity index (χ3n) is 5.31. The number of hydrogen-bond donors (Lipinski definition) is 2. The number of aryl methyl sites for hydroxylation is 1. The van der Waals surface area contributed by atoms with Crippen molar-refractivity contribution in [1.29, 1.82) is 0 Å². The molecule has 2 aliphatic heterocycles. The van der Waals surface area contributed by atoms with Crippen molar-refractivity contribution < 1.29 is 23.7 Å². The molecule has 3 atom stereocenters. The molecule has 0 aromatic heterocycles. The Morgan fingerprint density at radius 2 is 2.06 bits per heavy atom. The molecule has 3 rings (SSSR count). The van der Waals surface area contributed by atoms with E-state index < -0.39 is 18.4 Å². The molecule has 1 saturated heterocycles. The largest absolute Gasteiger partial charge is 0.440 e. The SMILES string of the molecule is CCCCCCCc1ccc(O[P]OC[C@H]2O[C@@H](N3C=NC(N)=NC3=C=O)C[C@@H]2O)cc1. The number of guanidine groups is 1. The van der Waals surface area contributed by atoms with Crippen molar-refractivity contribution >= 4 is 27.3 Å². The summed E-state index contributed by atoms with van der Waals surface area (Å²) in [6.07, 6.45) is 7.09. The van der Waals surface area contributed by atoms with E-state index in [2.05, 4.69) is 29.0 Å². The van der Waals surface area contributed by atoms with E-state index in [9.17, 15) is 9.90 Å². The predicted molar refractivity (Wildman–Crippen MR) is 123 cm³/mol. The highest BCUT2D eigenvalue weighted by atomic mass is 31.1. The minimum absolute atomic E-state index is 0.0333. The summed E-state index contributed by atoms with van der Waals surface area (Å²) < 4.78 is 16.9. The number of aliphatic hydroxyl groups excluding tert-OH is 1. The molecule has 1 aromatic rings. The number of hydrogen-bond acceptors (Lipinski definition) is 9. The minimum Gasteiger partial charge on any atom is -0.440 e. The molecule has 0 amide bonds. The Balaban J connectivity index is 1.36. The predicted octanol–water partition coefficient (Wildman–Crippen LogP) is 3.18. The van der Waals surface area contributed by atoms with Crippen LogP contribution < -0.4 is 10.3 Å². The van der Waals surface area contributed by atoms with Gasteiger partial charge < -0.3 is 24.6 Å².